The molecule has 0 aliphatic heterocycles. The highest BCUT2D eigenvalue weighted by Gasteiger charge is 2.27. The molecule has 1 aromatic heterocycles. The molecule has 0 saturated heterocycles. The van der Waals surface area contributed by atoms with Crippen molar-refractivity contribution in [1.82, 2.24) is 4.98 Å². The van der Waals surface area contributed by atoms with Crippen molar-refractivity contribution in [1.29, 1.82) is 0 Å². The molecule has 0 unspecified atom stereocenters. The van der Waals surface area contributed by atoms with Crippen molar-refractivity contribution in [3.8, 4) is 0 Å². The molecule has 1 rings (SSSR count). The third-order valence-corrected chi connectivity index (χ3v) is 2.21. The van der Waals surface area contributed by atoms with Gasteiger partial charge in [-0.25, -0.2) is 9.78 Å². The molecule has 0 aromatic carbocycles. The van der Waals surface area contributed by atoms with Crippen LogP contribution in [0.2, 0.25) is 0 Å². The predicted molar refractivity (Wildman–Crippen MR) is 70.0 cm³/mol. The number of nitrogens with zero attached hydrogens (tertiary/aromatic N) is 1. The Morgan fingerprint density at radius 2 is 2.19 bits per heavy atom. The second kappa shape index (κ2) is 7.67. The number of halogens is 3. The van der Waals surface area contributed by atoms with E-state index in [0.717, 1.165) is 0 Å². The Bertz CT molecular complexity index is 481. The van der Waals surface area contributed by atoms with Crippen LogP contribution in [0.15, 0.2) is 12.3 Å². The van der Waals surface area contributed by atoms with Gasteiger partial charge in [0.15, 0.2) is 0 Å². The molecule has 0 aliphatic carbocycles. The van der Waals surface area contributed by atoms with E-state index in [-0.39, 0.29) is 36.8 Å². The average molecular weight is 307 g/mol. The molecule has 6 nitrogen and oxygen atoms in total. The van der Waals surface area contributed by atoms with Gasteiger partial charge in [-0.15, -0.1) is 0 Å². The van der Waals surface area contributed by atoms with Crippen molar-refractivity contribution in [3.63, 3.8) is 0 Å². The van der Waals surface area contributed by atoms with Gasteiger partial charge in [0.2, 0.25) is 0 Å². The van der Waals surface area contributed by atoms with Crippen LogP contribution in [0.4, 0.5) is 24.7 Å². The van der Waals surface area contributed by atoms with Crippen LogP contribution in [-0.4, -0.2) is 43.5 Å². The van der Waals surface area contributed by atoms with E-state index in [9.17, 15) is 18.0 Å². The molecular weight excluding hydrogens is 291 g/mol. The zero-order valence-electron chi connectivity index (χ0n) is 11.4. The highest BCUT2D eigenvalue weighted by atomic mass is 19.4. The van der Waals surface area contributed by atoms with E-state index < -0.39 is 18.8 Å². The van der Waals surface area contributed by atoms with E-state index in [1.807, 2.05) is 0 Å². The van der Waals surface area contributed by atoms with Gasteiger partial charge in [0.25, 0.3) is 0 Å². The van der Waals surface area contributed by atoms with E-state index in [4.69, 9.17) is 10.5 Å². The molecule has 0 radical (unpaired) electrons. The molecule has 118 valence electrons. The topological polar surface area (TPSA) is 86.5 Å². The number of nitrogen functional groups attached to an aromatic ring is 1. The lowest BCUT2D eigenvalue weighted by molar-refractivity contribution is -0.172. The normalized spacial score (nSPS) is 11.2. The van der Waals surface area contributed by atoms with Crippen LogP contribution in [0.3, 0.4) is 0 Å². The van der Waals surface area contributed by atoms with Crippen molar-refractivity contribution < 1.29 is 27.4 Å². The van der Waals surface area contributed by atoms with Crippen LogP contribution in [0.5, 0.6) is 0 Å². The number of hydrogen-bond donors (Lipinski definition) is 2. The molecular formula is C12H16F3N3O3. The predicted octanol–water partition coefficient (Wildman–Crippen LogP) is 1.83. The van der Waals surface area contributed by atoms with Crippen LogP contribution in [0.25, 0.3) is 0 Å². The summed E-state index contributed by atoms with van der Waals surface area (Å²) in [4.78, 5) is 15.6. The number of carbonyl (C=O) groups is 1. The molecule has 0 saturated carbocycles. The summed E-state index contributed by atoms with van der Waals surface area (Å²) < 4.78 is 44.9. The van der Waals surface area contributed by atoms with E-state index in [1.165, 1.54) is 12.3 Å². The number of nitrogens with one attached hydrogen (secondary N) is 1. The summed E-state index contributed by atoms with van der Waals surface area (Å²) in [5.74, 6) is -0.436. The summed E-state index contributed by atoms with van der Waals surface area (Å²) in [7, 11) is 0. The molecule has 0 aliphatic rings. The Balaban J connectivity index is 2.56. The molecule has 0 bridgehead atoms. The number of hydrogen-bond acceptors (Lipinski definition) is 6. The van der Waals surface area contributed by atoms with Crippen LogP contribution in [0.1, 0.15) is 17.3 Å². The van der Waals surface area contributed by atoms with Crippen molar-refractivity contribution in [2.45, 2.75) is 13.1 Å². The van der Waals surface area contributed by atoms with Gasteiger partial charge in [-0.2, -0.15) is 13.2 Å². The van der Waals surface area contributed by atoms with E-state index >= 15 is 0 Å². The Labute approximate surface area is 119 Å². The lowest BCUT2D eigenvalue weighted by Gasteiger charge is -2.12. The van der Waals surface area contributed by atoms with Gasteiger partial charge in [0.05, 0.1) is 25.1 Å². The Hall–Kier alpha value is -2.03. The summed E-state index contributed by atoms with van der Waals surface area (Å²) >= 11 is 0. The summed E-state index contributed by atoms with van der Waals surface area (Å²) in [5.41, 5.74) is 5.93. The van der Waals surface area contributed by atoms with Gasteiger partial charge in [-0.1, -0.05) is 0 Å². The summed E-state index contributed by atoms with van der Waals surface area (Å²) in [6.45, 7) is 0.374. The molecule has 0 atom stereocenters. The van der Waals surface area contributed by atoms with E-state index in [0.29, 0.717) is 0 Å². The number of carbonyl (C=O) groups excluding carboxylic acids is 1. The fourth-order valence-corrected chi connectivity index (χ4v) is 1.42. The number of nitrogens with two attached hydrogens (primary N) is 1. The molecule has 0 amide bonds. The Kier molecular flexibility index (Phi) is 6.22. The quantitative estimate of drug-likeness (QED) is 0.590. The summed E-state index contributed by atoms with van der Waals surface area (Å²) in [5, 5.41) is 2.71. The maximum Gasteiger partial charge on any atom is 0.411 e. The number of rotatable bonds is 7. The average Bonchev–Trinajstić information content (AvgIpc) is 2.38. The first-order valence-electron chi connectivity index (χ1n) is 6.14. The van der Waals surface area contributed by atoms with Crippen LogP contribution in [-0.2, 0) is 9.47 Å². The van der Waals surface area contributed by atoms with Crippen molar-refractivity contribution in [3.05, 3.63) is 17.8 Å². The van der Waals surface area contributed by atoms with E-state index in [1.54, 1.807) is 6.92 Å². The molecule has 0 spiro atoms. The van der Waals surface area contributed by atoms with Gasteiger partial charge in [0, 0.05) is 6.54 Å². The third kappa shape index (κ3) is 6.30. The van der Waals surface area contributed by atoms with Gasteiger partial charge in [-0.3, -0.25) is 0 Å². The first-order valence-corrected chi connectivity index (χ1v) is 6.14. The van der Waals surface area contributed by atoms with E-state index in [2.05, 4.69) is 15.0 Å². The number of ether oxygens (including phenoxy) is 2. The molecule has 1 aromatic rings. The highest BCUT2D eigenvalue weighted by molar-refractivity contribution is 5.95. The number of pyridine rings is 1. The van der Waals surface area contributed by atoms with Gasteiger partial charge < -0.3 is 20.5 Å². The molecule has 3 N–H and O–H groups in total. The van der Waals surface area contributed by atoms with Crippen molar-refractivity contribution in [2.75, 3.05) is 37.4 Å². The van der Waals surface area contributed by atoms with Crippen molar-refractivity contribution >= 4 is 17.5 Å². The maximum atomic E-state index is 11.9. The molecule has 1 heterocycles. The second-order valence-electron chi connectivity index (χ2n) is 3.98. The van der Waals surface area contributed by atoms with Crippen molar-refractivity contribution in [2.24, 2.45) is 0 Å². The highest BCUT2D eigenvalue weighted by Crippen LogP contribution is 2.17. The lowest BCUT2D eigenvalue weighted by atomic mass is 10.2. The number of aromatic nitrogens is 1. The smallest absolute Gasteiger partial charge is 0.411 e. The standard InChI is InChI=1S/C12H16F3N3O3/c1-2-21-11(19)9-5-8(16)6-18-10(9)17-3-4-20-7-12(13,14)15/h5-6H,2-4,7,16H2,1H3,(H,17,18). The molecule has 0 fully saturated rings. The maximum absolute atomic E-state index is 11.9. The minimum Gasteiger partial charge on any atom is -0.462 e. The Morgan fingerprint density at radius 1 is 1.48 bits per heavy atom. The summed E-state index contributed by atoms with van der Waals surface area (Å²) in [6, 6.07) is 1.38. The molecule has 21 heavy (non-hydrogen) atoms. The number of anilines is 2. The second-order valence-corrected chi connectivity index (χ2v) is 3.98. The first-order chi connectivity index (χ1) is 9.83. The summed E-state index contributed by atoms with van der Waals surface area (Å²) in [6.07, 6.45) is -3.04. The number of esters is 1. The SMILES string of the molecule is CCOC(=O)c1cc(N)cnc1NCCOCC(F)(F)F. The fraction of sp³-hybridized carbons (Fsp3) is 0.500. The Morgan fingerprint density at radius 3 is 2.81 bits per heavy atom. The fourth-order valence-electron chi connectivity index (χ4n) is 1.42. The van der Waals surface area contributed by atoms with Crippen LogP contribution >= 0.6 is 0 Å². The largest absolute Gasteiger partial charge is 0.462 e. The minimum atomic E-state index is -4.37. The van der Waals surface area contributed by atoms with Gasteiger partial charge in [0.1, 0.15) is 18.0 Å². The lowest BCUT2D eigenvalue weighted by Crippen LogP contribution is -2.21. The molecule has 9 heteroatoms. The van der Waals surface area contributed by atoms with Gasteiger partial charge >= 0.3 is 12.1 Å². The first kappa shape index (κ1) is 17.0. The monoisotopic (exact) mass is 307 g/mol. The van der Waals surface area contributed by atoms with Crippen LogP contribution in [0, 0.1) is 0 Å². The third-order valence-electron chi connectivity index (χ3n) is 2.21. The zero-order valence-corrected chi connectivity index (χ0v) is 11.4. The minimum absolute atomic E-state index is 0.0550. The zero-order chi connectivity index (χ0) is 15.9. The number of alkyl halides is 3. The van der Waals surface area contributed by atoms with Crippen LogP contribution < -0.4 is 11.1 Å². The van der Waals surface area contributed by atoms with Gasteiger partial charge in [-0.05, 0) is 13.0 Å².